The van der Waals surface area contributed by atoms with Crippen molar-refractivity contribution >= 4 is 0 Å². The second-order valence-corrected chi connectivity index (χ2v) is 3.44. The largest absolute Gasteiger partial charge is 0.287 e. The lowest BCUT2D eigenvalue weighted by Crippen LogP contribution is -2.22. The van der Waals surface area contributed by atoms with E-state index in [1.165, 1.54) is 44.9 Å². The predicted octanol–water partition coefficient (Wildman–Crippen LogP) is 2.52. The van der Waals surface area contributed by atoms with Crippen molar-refractivity contribution in [3.05, 3.63) is 0 Å². The zero-order chi connectivity index (χ0) is 9.78. The van der Waals surface area contributed by atoms with E-state index < -0.39 is 0 Å². The fourth-order valence-electron chi connectivity index (χ4n) is 1.37. The molecule has 0 aromatic rings. The molecule has 0 spiro atoms. The molecule has 0 fully saturated rings. The standard InChI is InChI=1S/C10H24N2O/c1-2-3-4-5-6-7-8-9-10-13-12-11/h12H,2-11H2,1H3. The van der Waals surface area contributed by atoms with E-state index in [0.717, 1.165) is 13.0 Å². The molecular weight excluding hydrogens is 164 g/mol. The van der Waals surface area contributed by atoms with Crippen LogP contribution in [0, 0.1) is 0 Å². The van der Waals surface area contributed by atoms with Gasteiger partial charge < -0.3 is 0 Å². The van der Waals surface area contributed by atoms with Crippen LogP contribution in [0.1, 0.15) is 58.3 Å². The number of nitrogens with two attached hydrogens (primary N) is 1. The van der Waals surface area contributed by atoms with Crippen molar-refractivity contribution in [3.8, 4) is 0 Å². The van der Waals surface area contributed by atoms with E-state index in [9.17, 15) is 0 Å². The lowest BCUT2D eigenvalue weighted by molar-refractivity contribution is 0.0385. The maximum atomic E-state index is 4.95. The van der Waals surface area contributed by atoms with Crippen molar-refractivity contribution in [1.29, 1.82) is 0 Å². The average Bonchev–Trinajstić information content (AvgIpc) is 2.16. The number of hydrogen-bond acceptors (Lipinski definition) is 3. The molecule has 0 atom stereocenters. The Kier molecular flexibility index (Phi) is 11.8. The maximum Gasteiger partial charge on any atom is 0.0698 e. The third-order valence-corrected chi connectivity index (χ3v) is 2.18. The van der Waals surface area contributed by atoms with Gasteiger partial charge in [-0.2, -0.15) is 0 Å². The molecule has 3 N–H and O–H groups in total. The Morgan fingerprint density at radius 3 is 2.00 bits per heavy atom. The number of rotatable bonds is 10. The molecule has 0 aliphatic rings. The van der Waals surface area contributed by atoms with Crippen LogP contribution < -0.4 is 11.4 Å². The van der Waals surface area contributed by atoms with E-state index in [4.69, 9.17) is 10.7 Å². The van der Waals surface area contributed by atoms with Crippen LogP contribution in [0.3, 0.4) is 0 Å². The van der Waals surface area contributed by atoms with Crippen LogP contribution >= 0.6 is 0 Å². The van der Waals surface area contributed by atoms with Gasteiger partial charge in [0.1, 0.15) is 0 Å². The predicted molar refractivity (Wildman–Crippen MR) is 55.9 cm³/mol. The quantitative estimate of drug-likeness (QED) is 0.314. The maximum absolute atomic E-state index is 4.95. The van der Waals surface area contributed by atoms with Crippen LogP contribution in [-0.4, -0.2) is 6.61 Å². The Morgan fingerprint density at radius 2 is 1.46 bits per heavy atom. The second-order valence-electron chi connectivity index (χ2n) is 3.44. The highest BCUT2D eigenvalue weighted by Gasteiger charge is 1.91. The first kappa shape index (κ1) is 12.9. The van der Waals surface area contributed by atoms with Gasteiger partial charge in [0.15, 0.2) is 0 Å². The van der Waals surface area contributed by atoms with E-state index in [1.807, 2.05) is 0 Å². The lowest BCUT2D eigenvalue weighted by atomic mass is 10.1. The van der Waals surface area contributed by atoms with Crippen LogP contribution in [0.2, 0.25) is 0 Å². The van der Waals surface area contributed by atoms with Crippen LogP contribution in [0.5, 0.6) is 0 Å². The summed E-state index contributed by atoms with van der Waals surface area (Å²) in [5.74, 6) is 4.95. The molecule has 0 aliphatic carbocycles. The summed E-state index contributed by atoms with van der Waals surface area (Å²) in [5.41, 5.74) is 2.19. The molecule has 0 unspecified atom stereocenters. The fraction of sp³-hybridized carbons (Fsp3) is 1.00. The fourth-order valence-corrected chi connectivity index (χ4v) is 1.37. The topological polar surface area (TPSA) is 47.3 Å². The van der Waals surface area contributed by atoms with Gasteiger partial charge in [-0.15, -0.1) is 5.59 Å². The van der Waals surface area contributed by atoms with Crippen molar-refractivity contribution in [2.75, 3.05) is 6.61 Å². The Hall–Kier alpha value is -0.120. The summed E-state index contributed by atoms with van der Waals surface area (Å²) in [7, 11) is 0. The SMILES string of the molecule is CCCCCCCCCCONN. The highest BCUT2D eigenvalue weighted by atomic mass is 16.7. The monoisotopic (exact) mass is 188 g/mol. The molecule has 80 valence electrons. The molecule has 0 saturated carbocycles. The minimum atomic E-state index is 0.728. The zero-order valence-electron chi connectivity index (χ0n) is 8.85. The number of hydrazine groups is 1. The van der Waals surface area contributed by atoms with Crippen molar-refractivity contribution in [2.24, 2.45) is 5.84 Å². The molecule has 0 saturated heterocycles. The molecule has 0 rings (SSSR count). The average molecular weight is 188 g/mol. The van der Waals surface area contributed by atoms with Gasteiger partial charge in [0, 0.05) is 0 Å². The summed E-state index contributed by atoms with van der Waals surface area (Å²) < 4.78 is 0. The molecular formula is C10H24N2O. The van der Waals surface area contributed by atoms with Crippen LogP contribution in [-0.2, 0) is 4.84 Å². The number of hydrogen-bond donors (Lipinski definition) is 2. The number of nitrogens with one attached hydrogen (secondary N) is 1. The van der Waals surface area contributed by atoms with E-state index in [2.05, 4.69) is 12.5 Å². The summed E-state index contributed by atoms with van der Waals surface area (Å²) in [6.45, 7) is 2.97. The van der Waals surface area contributed by atoms with Gasteiger partial charge in [-0.25, -0.2) is 5.84 Å². The first-order valence-electron chi connectivity index (χ1n) is 5.49. The Labute approximate surface area is 82.0 Å². The van der Waals surface area contributed by atoms with Gasteiger partial charge in [0.2, 0.25) is 0 Å². The highest BCUT2D eigenvalue weighted by molar-refractivity contribution is 4.45. The van der Waals surface area contributed by atoms with Crippen LogP contribution in [0.4, 0.5) is 0 Å². The van der Waals surface area contributed by atoms with Gasteiger partial charge in [-0.1, -0.05) is 51.9 Å². The normalized spacial score (nSPS) is 10.6. The molecule has 13 heavy (non-hydrogen) atoms. The minimum absolute atomic E-state index is 0.728. The van der Waals surface area contributed by atoms with Gasteiger partial charge in [-0.3, -0.25) is 4.84 Å². The lowest BCUT2D eigenvalue weighted by Gasteiger charge is -2.01. The Bertz CT molecular complexity index is 79.0. The van der Waals surface area contributed by atoms with E-state index in [1.54, 1.807) is 0 Å². The molecule has 0 aliphatic heterocycles. The van der Waals surface area contributed by atoms with Gasteiger partial charge >= 0.3 is 0 Å². The summed E-state index contributed by atoms with van der Waals surface area (Å²) in [5, 5.41) is 0. The van der Waals surface area contributed by atoms with Crippen LogP contribution in [0.25, 0.3) is 0 Å². The first-order chi connectivity index (χ1) is 6.41. The van der Waals surface area contributed by atoms with Crippen molar-refractivity contribution in [2.45, 2.75) is 58.3 Å². The molecule has 0 heterocycles. The highest BCUT2D eigenvalue weighted by Crippen LogP contribution is 2.07. The molecule has 0 aromatic carbocycles. The Balaban J connectivity index is 2.76. The Morgan fingerprint density at radius 1 is 0.923 bits per heavy atom. The van der Waals surface area contributed by atoms with E-state index >= 15 is 0 Å². The van der Waals surface area contributed by atoms with E-state index in [0.29, 0.717) is 0 Å². The molecule has 0 radical (unpaired) electrons. The third-order valence-electron chi connectivity index (χ3n) is 2.18. The van der Waals surface area contributed by atoms with Gasteiger partial charge in [0.05, 0.1) is 6.61 Å². The zero-order valence-corrected chi connectivity index (χ0v) is 8.85. The smallest absolute Gasteiger partial charge is 0.0698 e. The summed E-state index contributed by atoms with van der Waals surface area (Å²) in [4.78, 5) is 4.81. The van der Waals surface area contributed by atoms with Crippen LogP contribution in [0.15, 0.2) is 0 Å². The molecule has 3 nitrogen and oxygen atoms in total. The van der Waals surface area contributed by atoms with Gasteiger partial charge in [-0.05, 0) is 6.42 Å². The summed E-state index contributed by atoms with van der Waals surface area (Å²) in [6, 6.07) is 0. The second kappa shape index (κ2) is 11.9. The first-order valence-corrected chi connectivity index (χ1v) is 5.49. The van der Waals surface area contributed by atoms with Crippen molar-refractivity contribution in [1.82, 2.24) is 5.59 Å². The van der Waals surface area contributed by atoms with Crippen molar-refractivity contribution in [3.63, 3.8) is 0 Å². The molecule has 0 aromatic heterocycles. The third kappa shape index (κ3) is 11.9. The minimum Gasteiger partial charge on any atom is -0.287 e. The molecule has 3 heteroatoms. The molecule has 0 amide bonds. The summed E-state index contributed by atoms with van der Waals surface area (Å²) in [6.07, 6.45) is 10.6. The summed E-state index contributed by atoms with van der Waals surface area (Å²) >= 11 is 0. The molecule has 0 bridgehead atoms. The van der Waals surface area contributed by atoms with E-state index in [-0.39, 0.29) is 0 Å². The van der Waals surface area contributed by atoms with Gasteiger partial charge in [0.25, 0.3) is 0 Å². The van der Waals surface area contributed by atoms with Crippen molar-refractivity contribution < 1.29 is 4.84 Å². The number of unbranched alkanes of at least 4 members (excludes halogenated alkanes) is 7.